The third-order valence-corrected chi connectivity index (χ3v) is 4.79. The van der Waals surface area contributed by atoms with Gasteiger partial charge in [0, 0.05) is 0 Å². The molecule has 25 heavy (non-hydrogen) atoms. The fourth-order valence-electron chi connectivity index (χ4n) is 3.05. The molecule has 0 saturated heterocycles. The van der Waals surface area contributed by atoms with Gasteiger partial charge in [-0.2, -0.15) is 0 Å². The van der Waals surface area contributed by atoms with Crippen LogP contribution in [0, 0.1) is 34.6 Å². The van der Waals surface area contributed by atoms with Crippen molar-refractivity contribution >= 4 is 10.8 Å². The van der Waals surface area contributed by atoms with E-state index >= 15 is 0 Å². The minimum absolute atomic E-state index is 1.31. The van der Waals surface area contributed by atoms with Crippen LogP contribution in [0.4, 0.5) is 0 Å². The van der Waals surface area contributed by atoms with Gasteiger partial charge in [0.15, 0.2) is 0 Å². The summed E-state index contributed by atoms with van der Waals surface area (Å²) < 4.78 is 0. The molecule has 134 valence electrons. The highest BCUT2D eigenvalue weighted by atomic mass is 14.1. The summed E-state index contributed by atoms with van der Waals surface area (Å²) in [5.41, 5.74) is 9.58. The smallest absolute Gasteiger partial charge is 0.0149 e. The van der Waals surface area contributed by atoms with Crippen LogP contribution in [0.15, 0.2) is 42.5 Å². The molecular weight excluding hydrogens is 300 g/mol. The van der Waals surface area contributed by atoms with Crippen LogP contribution in [0.25, 0.3) is 21.9 Å². The number of aryl methyl sites for hydroxylation is 2. The average molecular weight is 335 g/mol. The fraction of sp³-hybridized carbons (Fsp3) is 0.360. The predicted molar refractivity (Wildman–Crippen MR) is 116 cm³/mol. The second-order valence-corrected chi connectivity index (χ2v) is 6.18. The molecule has 3 aromatic carbocycles. The number of rotatable bonds is 1. The highest BCUT2D eigenvalue weighted by molar-refractivity contribution is 5.88. The Kier molecular flexibility index (Phi) is 7.90. The van der Waals surface area contributed by atoms with Crippen molar-refractivity contribution in [2.24, 2.45) is 0 Å². The first-order valence-corrected chi connectivity index (χ1v) is 9.55. The molecule has 0 bridgehead atoms. The maximum atomic E-state index is 2.33. The molecule has 0 N–H and O–H groups in total. The topological polar surface area (TPSA) is 0 Å². The second-order valence-electron chi connectivity index (χ2n) is 6.18. The van der Waals surface area contributed by atoms with Gasteiger partial charge in [-0.1, -0.05) is 69.7 Å². The van der Waals surface area contributed by atoms with Crippen LogP contribution >= 0.6 is 0 Å². The van der Waals surface area contributed by atoms with Gasteiger partial charge in [-0.05, 0) is 84.8 Å². The zero-order chi connectivity index (χ0) is 19.1. The molecule has 0 saturated carbocycles. The van der Waals surface area contributed by atoms with Gasteiger partial charge in [-0.25, -0.2) is 0 Å². The third-order valence-electron chi connectivity index (χ3n) is 4.79. The van der Waals surface area contributed by atoms with Crippen LogP contribution in [0.5, 0.6) is 0 Å². The van der Waals surface area contributed by atoms with Crippen molar-refractivity contribution < 1.29 is 0 Å². The molecule has 0 aromatic heterocycles. The molecule has 0 atom stereocenters. The van der Waals surface area contributed by atoms with Crippen molar-refractivity contribution in [3.8, 4) is 11.1 Å². The molecule has 0 amide bonds. The molecule has 0 fully saturated rings. The molecule has 0 nitrogen and oxygen atoms in total. The Balaban J connectivity index is 0.000000730. The predicted octanol–water partition coefficient (Wildman–Crippen LogP) is 8.10. The third kappa shape index (κ3) is 4.51. The van der Waals surface area contributed by atoms with Crippen LogP contribution < -0.4 is 0 Å². The lowest BCUT2D eigenvalue weighted by Gasteiger charge is -2.15. The standard InChI is InChI=1S/C21H22.2C2H6/c1-13-6-7-18-8-9-19(12-20(18)10-13)21-11-14(2)15(3)16(4)17(21)5;2*1-2/h6-12H,1-5H3;2*1-2H3. The molecule has 3 rings (SSSR count). The van der Waals surface area contributed by atoms with Crippen LogP contribution in [0.3, 0.4) is 0 Å². The fourth-order valence-corrected chi connectivity index (χ4v) is 3.05. The van der Waals surface area contributed by atoms with Gasteiger partial charge in [0.05, 0.1) is 0 Å². The van der Waals surface area contributed by atoms with Crippen LogP contribution in [-0.2, 0) is 0 Å². The maximum absolute atomic E-state index is 2.33. The molecule has 0 unspecified atom stereocenters. The molecule has 0 aliphatic carbocycles. The Labute approximate surface area is 154 Å². The highest BCUT2D eigenvalue weighted by Gasteiger charge is 2.09. The van der Waals surface area contributed by atoms with E-state index in [1.165, 1.54) is 49.7 Å². The van der Waals surface area contributed by atoms with Gasteiger partial charge in [-0.15, -0.1) is 0 Å². The summed E-state index contributed by atoms with van der Waals surface area (Å²) in [7, 11) is 0. The van der Waals surface area contributed by atoms with Gasteiger partial charge in [-0.3, -0.25) is 0 Å². The van der Waals surface area contributed by atoms with Gasteiger partial charge in [0.25, 0.3) is 0 Å². The first kappa shape index (κ1) is 21.0. The van der Waals surface area contributed by atoms with E-state index in [1.54, 1.807) is 0 Å². The minimum atomic E-state index is 1.31. The lowest BCUT2D eigenvalue weighted by Crippen LogP contribution is -1.94. The quantitative estimate of drug-likeness (QED) is 0.421. The Morgan fingerprint density at radius 3 is 1.76 bits per heavy atom. The van der Waals surface area contributed by atoms with Gasteiger partial charge < -0.3 is 0 Å². The van der Waals surface area contributed by atoms with Gasteiger partial charge >= 0.3 is 0 Å². The van der Waals surface area contributed by atoms with Crippen molar-refractivity contribution in [2.45, 2.75) is 62.3 Å². The van der Waals surface area contributed by atoms with Crippen molar-refractivity contribution in [2.75, 3.05) is 0 Å². The van der Waals surface area contributed by atoms with Crippen LogP contribution in [0.1, 0.15) is 55.5 Å². The second kappa shape index (κ2) is 9.42. The van der Waals surface area contributed by atoms with E-state index in [0.717, 1.165) is 0 Å². The summed E-state index contributed by atoms with van der Waals surface area (Å²) in [6, 6.07) is 15.8. The van der Waals surface area contributed by atoms with Crippen molar-refractivity contribution in [1.29, 1.82) is 0 Å². The Hall–Kier alpha value is -2.08. The maximum Gasteiger partial charge on any atom is -0.0149 e. The van der Waals surface area contributed by atoms with Gasteiger partial charge in [0.2, 0.25) is 0 Å². The van der Waals surface area contributed by atoms with Crippen molar-refractivity contribution in [1.82, 2.24) is 0 Å². The largest absolute Gasteiger partial charge is 0.0683 e. The first-order valence-electron chi connectivity index (χ1n) is 9.55. The number of hydrogen-bond acceptors (Lipinski definition) is 0. The normalized spacial score (nSPS) is 9.80. The monoisotopic (exact) mass is 334 g/mol. The molecule has 0 aliphatic rings. The number of fused-ring (bicyclic) bond motifs is 1. The molecule has 0 radical (unpaired) electrons. The lowest BCUT2D eigenvalue weighted by molar-refractivity contribution is 1.22. The Morgan fingerprint density at radius 1 is 0.520 bits per heavy atom. The van der Waals surface area contributed by atoms with E-state index in [2.05, 4.69) is 77.1 Å². The first-order chi connectivity index (χ1) is 12.0. The van der Waals surface area contributed by atoms with Crippen molar-refractivity contribution in [3.63, 3.8) is 0 Å². The van der Waals surface area contributed by atoms with Crippen LogP contribution in [-0.4, -0.2) is 0 Å². The average Bonchev–Trinajstić information content (AvgIpc) is 2.65. The van der Waals surface area contributed by atoms with E-state index < -0.39 is 0 Å². The minimum Gasteiger partial charge on any atom is -0.0683 e. The molecule has 0 heterocycles. The summed E-state index contributed by atoms with van der Waals surface area (Å²) in [5.74, 6) is 0. The molecule has 0 spiro atoms. The van der Waals surface area contributed by atoms with Gasteiger partial charge in [0.1, 0.15) is 0 Å². The molecule has 3 aromatic rings. The summed E-state index contributed by atoms with van der Waals surface area (Å²) >= 11 is 0. The van der Waals surface area contributed by atoms with E-state index in [4.69, 9.17) is 0 Å². The van der Waals surface area contributed by atoms with E-state index in [1.807, 2.05) is 27.7 Å². The number of benzene rings is 3. The highest BCUT2D eigenvalue weighted by Crippen LogP contribution is 2.31. The Bertz CT molecular complexity index is 838. The van der Waals surface area contributed by atoms with Crippen molar-refractivity contribution in [3.05, 3.63) is 70.3 Å². The van der Waals surface area contributed by atoms with E-state index in [0.29, 0.717) is 0 Å². The zero-order valence-electron chi connectivity index (χ0n) is 17.5. The summed E-state index contributed by atoms with van der Waals surface area (Å²) in [6.45, 7) is 19.0. The summed E-state index contributed by atoms with van der Waals surface area (Å²) in [5, 5.41) is 2.63. The van der Waals surface area contributed by atoms with Crippen LogP contribution in [0.2, 0.25) is 0 Å². The summed E-state index contributed by atoms with van der Waals surface area (Å²) in [4.78, 5) is 0. The summed E-state index contributed by atoms with van der Waals surface area (Å²) in [6.07, 6.45) is 0. The zero-order valence-corrected chi connectivity index (χ0v) is 17.5. The number of hydrogen-bond donors (Lipinski definition) is 0. The Morgan fingerprint density at radius 2 is 1.12 bits per heavy atom. The molecular formula is C25H34. The van der Waals surface area contributed by atoms with E-state index in [-0.39, 0.29) is 0 Å². The molecule has 0 aliphatic heterocycles. The van der Waals surface area contributed by atoms with E-state index in [9.17, 15) is 0 Å². The lowest BCUT2D eigenvalue weighted by atomic mass is 9.90. The SMILES string of the molecule is CC.CC.Cc1ccc2ccc(-c3cc(C)c(C)c(C)c3C)cc2c1. The molecule has 0 heteroatoms.